The van der Waals surface area contributed by atoms with Gasteiger partial charge < -0.3 is 5.32 Å². The molecule has 0 aliphatic rings. The van der Waals surface area contributed by atoms with Gasteiger partial charge in [0.25, 0.3) is 5.56 Å². The molecule has 33 heavy (non-hydrogen) atoms. The monoisotopic (exact) mass is 441 g/mol. The molecule has 0 spiro atoms. The minimum Gasteiger partial charge on any atom is -0.326 e. The highest BCUT2D eigenvalue weighted by atomic mass is 19.1. The van der Waals surface area contributed by atoms with Gasteiger partial charge in [-0.25, -0.2) is 4.39 Å². The van der Waals surface area contributed by atoms with Gasteiger partial charge in [-0.3, -0.25) is 18.6 Å². The van der Waals surface area contributed by atoms with Crippen LogP contribution in [0, 0.1) is 5.82 Å². The normalized spacial score (nSPS) is 11.2. The number of anilines is 1. The number of rotatable bonds is 6. The number of benzene rings is 3. The molecule has 5 aromatic rings. The van der Waals surface area contributed by atoms with Crippen molar-refractivity contribution in [3.05, 3.63) is 106 Å². The van der Waals surface area contributed by atoms with E-state index in [0.29, 0.717) is 41.2 Å². The fourth-order valence-corrected chi connectivity index (χ4v) is 3.87. The lowest BCUT2D eigenvalue weighted by Gasteiger charge is -2.11. The van der Waals surface area contributed by atoms with Gasteiger partial charge in [-0.2, -0.15) is 0 Å². The Bertz CT molecular complexity index is 1510. The van der Waals surface area contributed by atoms with Gasteiger partial charge in [-0.05, 0) is 42.0 Å². The number of carbonyl (C=O) groups excluding carboxylic acids is 1. The summed E-state index contributed by atoms with van der Waals surface area (Å²) in [7, 11) is 0. The lowest BCUT2D eigenvalue weighted by Crippen LogP contribution is -2.24. The Balaban J connectivity index is 1.49. The van der Waals surface area contributed by atoms with Gasteiger partial charge in [0, 0.05) is 18.5 Å². The van der Waals surface area contributed by atoms with Crippen LogP contribution in [0.2, 0.25) is 0 Å². The number of fused-ring (bicyclic) bond motifs is 3. The Hall–Kier alpha value is -4.33. The third kappa shape index (κ3) is 4.10. The van der Waals surface area contributed by atoms with Gasteiger partial charge in [0.15, 0.2) is 0 Å². The van der Waals surface area contributed by atoms with Crippen molar-refractivity contribution in [2.45, 2.75) is 19.4 Å². The first-order valence-electron chi connectivity index (χ1n) is 10.5. The molecule has 3 aromatic carbocycles. The molecule has 0 saturated carbocycles. The molecular formula is C25H20FN5O2. The number of nitrogens with zero attached hydrogens (tertiary/aromatic N) is 4. The molecule has 1 N–H and O–H groups in total. The Morgan fingerprint density at radius 2 is 1.64 bits per heavy atom. The summed E-state index contributed by atoms with van der Waals surface area (Å²) in [6.45, 7) is 0.358. The standard InChI is InChI=1S/C25H20FN5O2/c26-18-10-12-19(13-11-18)27-23(32)15-14-22-28-29-25-30(16-17-6-2-1-3-7-17)24(33)20-8-4-5-9-21(20)31(22)25/h1-13H,14-16H2,(H,27,32). The van der Waals surface area contributed by atoms with Crippen molar-refractivity contribution in [3.8, 4) is 0 Å². The van der Waals surface area contributed by atoms with Crippen LogP contribution in [-0.2, 0) is 17.8 Å². The van der Waals surface area contributed by atoms with Crippen LogP contribution in [0.5, 0.6) is 0 Å². The summed E-state index contributed by atoms with van der Waals surface area (Å²) >= 11 is 0. The highest BCUT2D eigenvalue weighted by Crippen LogP contribution is 2.17. The average Bonchev–Trinajstić information content (AvgIpc) is 3.27. The molecule has 0 bridgehead atoms. The van der Waals surface area contributed by atoms with E-state index < -0.39 is 0 Å². The van der Waals surface area contributed by atoms with Crippen molar-refractivity contribution in [2.24, 2.45) is 0 Å². The lowest BCUT2D eigenvalue weighted by atomic mass is 10.2. The van der Waals surface area contributed by atoms with Gasteiger partial charge in [-0.15, -0.1) is 10.2 Å². The predicted molar refractivity (Wildman–Crippen MR) is 124 cm³/mol. The number of aryl methyl sites for hydroxylation is 1. The van der Waals surface area contributed by atoms with Crippen LogP contribution in [0.3, 0.4) is 0 Å². The number of hydrogen-bond acceptors (Lipinski definition) is 4. The Labute approximate surface area is 188 Å². The van der Waals surface area contributed by atoms with Crippen molar-refractivity contribution in [2.75, 3.05) is 5.32 Å². The minimum atomic E-state index is -0.364. The zero-order valence-corrected chi connectivity index (χ0v) is 17.6. The van der Waals surface area contributed by atoms with Gasteiger partial charge in [0.2, 0.25) is 11.7 Å². The van der Waals surface area contributed by atoms with Crippen LogP contribution in [-0.4, -0.2) is 25.1 Å². The molecule has 0 aliphatic heterocycles. The number of carbonyl (C=O) groups is 1. The van der Waals surface area contributed by atoms with E-state index in [1.807, 2.05) is 52.9 Å². The van der Waals surface area contributed by atoms with Crippen LogP contribution in [0.1, 0.15) is 17.8 Å². The van der Waals surface area contributed by atoms with Crippen LogP contribution in [0.25, 0.3) is 16.7 Å². The van der Waals surface area contributed by atoms with E-state index in [1.54, 1.807) is 10.6 Å². The number of amides is 1. The lowest BCUT2D eigenvalue weighted by molar-refractivity contribution is -0.116. The first kappa shape index (κ1) is 20.6. The van der Waals surface area contributed by atoms with Crippen molar-refractivity contribution in [1.29, 1.82) is 0 Å². The maximum Gasteiger partial charge on any atom is 0.263 e. The molecule has 1 amide bonds. The summed E-state index contributed by atoms with van der Waals surface area (Å²) in [5.74, 6) is 0.422. The molecule has 7 nitrogen and oxygen atoms in total. The van der Waals surface area contributed by atoms with E-state index in [1.165, 1.54) is 24.3 Å². The summed E-state index contributed by atoms with van der Waals surface area (Å²) in [6.07, 6.45) is 0.478. The summed E-state index contributed by atoms with van der Waals surface area (Å²) in [5.41, 5.74) is 2.05. The second-order valence-corrected chi connectivity index (χ2v) is 7.70. The molecule has 5 rings (SSSR count). The SMILES string of the molecule is O=C(CCc1nnc2n(Cc3ccccc3)c(=O)c3ccccc3n12)Nc1ccc(F)cc1. The zero-order valence-electron chi connectivity index (χ0n) is 17.6. The summed E-state index contributed by atoms with van der Waals surface area (Å²) in [4.78, 5) is 25.7. The smallest absolute Gasteiger partial charge is 0.263 e. The first-order chi connectivity index (χ1) is 16.1. The van der Waals surface area contributed by atoms with E-state index in [2.05, 4.69) is 15.5 Å². The molecule has 0 saturated heterocycles. The Morgan fingerprint density at radius 3 is 2.42 bits per heavy atom. The van der Waals surface area contributed by atoms with Gasteiger partial charge >= 0.3 is 0 Å². The van der Waals surface area contributed by atoms with Crippen molar-refractivity contribution in [3.63, 3.8) is 0 Å². The van der Waals surface area contributed by atoms with E-state index in [9.17, 15) is 14.0 Å². The number of hydrogen-bond donors (Lipinski definition) is 1. The fourth-order valence-electron chi connectivity index (χ4n) is 3.87. The first-order valence-corrected chi connectivity index (χ1v) is 10.5. The topological polar surface area (TPSA) is 81.3 Å². The van der Waals surface area contributed by atoms with Crippen LogP contribution in [0.15, 0.2) is 83.7 Å². The molecule has 8 heteroatoms. The quantitative estimate of drug-likeness (QED) is 0.435. The van der Waals surface area contributed by atoms with Gasteiger partial charge in [0.05, 0.1) is 17.4 Å². The summed E-state index contributed by atoms with van der Waals surface area (Å²) < 4.78 is 16.5. The molecular weight excluding hydrogens is 421 g/mol. The highest BCUT2D eigenvalue weighted by molar-refractivity contribution is 5.90. The molecule has 0 fully saturated rings. The molecule has 0 atom stereocenters. The minimum absolute atomic E-state index is 0.144. The van der Waals surface area contributed by atoms with E-state index in [0.717, 1.165) is 5.56 Å². The number of halogens is 1. The Kier molecular flexibility index (Phi) is 5.40. The number of nitrogens with one attached hydrogen (secondary N) is 1. The van der Waals surface area contributed by atoms with Gasteiger partial charge in [0.1, 0.15) is 11.6 Å². The third-order valence-electron chi connectivity index (χ3n) is 5.46. The summed E-state index contributed by atoms with van der Waals surface area (Å²) in [5, 5.41) is 11.9. The van der Waals surface area contributed by atoms with Crippen molar-refractivity contribution >= 4 is 28.3 Å². The molecule has 2 heterocycles. The van der Waals surface area contributed by atoms with E-state index in [4.69, 9.17) is 0 Å². The second kappa shape index (κ2) is 8.66. The second-order valence-electron chi connectivity index (χ2n) is 7.70. The zero-order chi connectivity index (χ0) is 22.8. The van der Waals surface area contributed by atoms with Crippen LogP contribution >= 0.6 is 0 Å². The number of aromatic nitrogens is 4. The van der Waals surface area contributed by atoms with Crippen molar-refractivity contribution < 1.29 is 9.18 Å². The van der Waals surface area contributed by atoms with Crippen LogP contribution < -0.4 is 10.9 Å². The van der Waals surface area contributed by atoms with Crippen molar-refractivity contribution in [1.82, 2.24) is 19.2 Å². The Morgan fingerprint density at radius 1 is 0.909 bits per heavy atom. The fraction of sp³-hybridized carbons (Fsp3) is 0.120. The van der Waals surface area contributed by atoms with Crippen LogP contribution in [0.4, 0.5) is 10.1 Å². The molecule has 0 unspecified atom stereocenters. The van der Waals surface area contributed by atoms with E-state index in [-0.39, 0.29) is 23.7 Å². The predicted octanol–water partition coefficient (Wildman–Crippen LogP) is 3.80. The molecule has 0 aliphatic carbocycles. The van der Waals surface area contributed by atoms with Gasteiger partial charge in [-0.1, -0.05) is 42.5 Å². The maximum atomic E-state index is 13.2. The highest BCUT2D eigenvalue weighted by Gasteiger charge is 2.17. The largest absolute Gasteiger partial charge is 0.326 e. The number of para-hydroxylation sites is 1. The van der Waals surface area contributed by atoms with E-state index >= 15 is 0 Å². The average molecular weight is 441 g/mol. The molecule has 164 valence electrons. The maximum absolute atomic E-state index is 13.2. The molecule has 2 aromatic heterocycles. The summed E-state index contributed by atoms with van der Waals surface area (Å²) in [6, 6.07) is 22.6. The third-order valence-corrected chi connectivity index (χ3v) is 5.46. The molecule has 0 radical (unpaired) electrons.